The summed E-state index contributed by atoms with van der Waals surface area (Å²) < 4.78 is 20.0. The van der Waals surface area contributed by atoms with Crippen molar-refractivity contribution in [1.82, 2.24) is 9.80 Å². The van der Waals surface area contributed by atoms with Gasteiger partial charge in [0.2, 0.25) is 0 Å². The van der Waals surface area contributed by atoms with E-state index in [4.69, 9.17) is 16.8 Å². The lowest BCUT2D eigenvalue weighted by Gasteiger charge is -2.20. The zero-order valence-electron chi connectivity index (χ0n) is 11.8. The molecule has 0 fully saturated rings. The van der Waals surface area contributed by atoms with Crippen LogP contribution in [0.15, 0.2) is 29.2 Å². The Hall–Kier alpha value is -0.760. The first-order valence-electron chi connectivity index (χ1n) is 5.49. The molecule has 0 aliphatic rings. The highest BCUT2D eigenvalue weighted by molar-refractivity contribution is 8.29. The van der Waals surface area contributed by atoms with Crippen molar-refractivity contribution >= 4 is 37.3 Å². The minimum atomic E-state index is -3.20. The second-order valence-electron chi connectivity index (χ2n) is 4.31. The molecule has 7 heteroatoms. The first kappa shape index (κ1) is 18.2. The molecule has 4 nitrogen and oxygen atoms in total. The van der Waals surface area contributed by atoms with Gasteiger partial charge in [-0.15, -0.1) is 0 Å². The predicted octanol–water partition coefficient (Wildman–Crippen LogP) is 1.97. The van der Waals surface area contributed by atoms with E-state index in [2.05, 4.69) is 11.2 Å². The van der Waals surface area contributed by atoms with Gasteiger partial charge in [-0.05, 0) is 30.8 Å². The highest BCUT2D eigenvalue weighted by atomic mass is 32.8. The lowest BCUT2D eigenvalue weighted by atomic mass is 10.2. The summed E-state index contributed by atoms with van der Waals surface area (Å²) in [5, 5.41) is 0.852. The second kappa shape index (κ2) is 7.74. The van der Waals surface area contributed by atoms with E-state index in [1.807, 2.05) is 38.0 Å². The minimum absolute atomic E-state index is 0.343. The number of thiocarbonyl (C=S) groups is 1. The zero-order chi connectivity index (χ0) is 15.2. The topological polar surface area (TPSA) is 43.8 Å². The standard InChI is InChI=1S/C7H8O2S2.C5H12N2S/c1-6-4-2-3-5-7(6)11(8,9)10;1-6(2)5(8)7(3)4/h2-5H,1H3,(H,8,9,10);1-4H3. The van der Waals surface area contributed by atoms with Crippen LogP contribution in [0.2, 0.25) is 0 Å². The van der Waals surface area contributed by atoms with Crippen molar-refractivity contribution < 1.29 is 8.76 Å². The van der Waals surface area contributed by atoms with Crippen LogP contribution < -0.4 is 0 Å². The molecule has 0 aliphatic heterocycles. The van der Waals surface area contributed by atoms with Gasteiger partial charge >= 0.3 is 0 Å². The number of hydrogen-bond donors (Lipinski definition) is 1. The van der Waals surface area contributed by atoms with Gasteiger partial charge in [-0.2, -0.15) is 0 Å². The molecule has 0 spiro atoms. The zero-order valence-corrected chi connectivity index (χ0v) is 14.2. The van der Waals surface area contributed by atoms with Crippen LogP contribution in [0.1, 0.15) is 5.56 Å². The number of benzene rings is 1. The third-order valence-corrected chi connectivity index (χ3v) is 4.42. The maximum Gasteiger partial charge on any atom is 0.171 e. The predicted molar refractivity (Wildman–Crippen MR) is 87.6 cm³/mol. The number of nitrogens with zero attached hydrogens (tertiary/aromatic N) is 2. The molecule has 0 heterocycles. The third kappa shape index (κ3) is 6.81. The summed E-state index contributed by atoms with van der Waals surface area (Å²) in [5.41, 5.74) is 0.759. The summed E-state index contributed by atoms with van der Waals surface area (Å²) >= 11 is 9.38. The third-order valence-electron chi connectivity index (χ3n) is 2.14. The maximum atomic E-state index is 11.0. The highest BCUT2D eigenvalue weighted by Crippen LogP contribution is 2.13. The smallest absolute Gasteiger partial charge is 0.171 e. The van der Waals surface area contributed by atoms with E-state index in [1.165, 1.54) is 0 Å². The Bertz CT molecular complexity index is 516. The molecular weight excluding hydrogens is 300 g/mol. The van der Waals surface area contributed by atoms with Crippen LogP contribution in [-0.2, 0) is 20.0 Å². The SMILES string of the molecule is CN(C)C(=S)N(C)C.Cc1ccccc1S(=O)(O)=S. The molecule has 19 heavy (non-hydrogen) atoms. The Morgan fingerprint density at radius 3 is 1.79 bits per heavy atom. The summed E-state index contributed by atoms with van der Waals surface area (Å²) in [6.07, 6.45) is 0. The molecule has 1 unspecified atom stereocenters. The Morgan fingerprint density at radius 2 is 1.58 bits per heavy atom. The van der Waals surface area contributed by atoms with Crippen molar-refractivity contribution in [2.45, 2.75) is 11.8 Å². The van der Waals surface area contributed by atoms with Gasteiger partial charge in [-0.3, -0.25) is 0 Å². The van der Waals surface area contributed by atoms with E-state index in [0.29, 0.717) is 4.90 Å². The van der Waals surface area contributed by atoms with Gasteiger partial charge in [0.25, 0.3) is 0 Å². The molecule has 1 aromatic carbocycles. The van der Waals surface area contributed by atoms with Crippen LogP contribution in [0.3, 0.4) is 0 Å². The summed E-state index contributed by atoms with van der Waals surface area (Å²) in [6.45, 7) is 1.76. The molecule has 108 valence electrons. The van der Waals surface area contributed by atoms with E-state index < -0.39 is 8.77 Å². The molecule has 1 N–H and O–H groups in total. The first-order valence-corrected chi connectivity index (χ1v) is 8.34. The molecule has 0 saturated carbocycles. The van der Waals surface area contributed by atoms with Gasteiger partial charge < -0.3 is 14.4 Å². The molecule has 0 amide bonds. The lowest BCUT2D eigenvalue weighted by Crippen LogP contribution is -2.32. The van der Waals surface area contributed by atoms with Crippen molar-refractivity contribution in [2.24, 2.45) is 0 Å². The normalized spacial score (nSPS) is 12.7. The van der Waals surface area contributed by atoms with Gasteiger partial charge in [0.15, 0.2) is 13.9 Å². The van der Waals surface area contributed by atoms with Crippen LogP contribution in [0.4, 0.5) is 0 Å². The van der Waals surface area contributed by atoms with E-state index in [-0.39, 0.29) is 0 Å². The molecule has 0 aromatic heterocycles. The fraction of sp³-hybridized carbons (Fsp3) is 0.417. The summed E-state index contributed by atoms with van der Waals surface area (Å²) in [7, 11) is 4.53. The summed E-state index contributed by atoms with van der Waals surface area (Å²) in [6, 6.07) is 6.84. The minimum Gasteiger partial charge on any atom is -0.355 e. The van der Waals surface area contributed by atoms with Crippen molar-refractivity contribution in [3.8, 4) is 0 Å². The van der Waals surface area contributed by atoms with Crippen LogP contribution in [0.25, 0.3) is 0 Å². The summed E-state index contributed by atoms with van der Waals surface area (Å²) in [5.74, 6) is 0. The first-order chi connectivity index (χ1) is 8.57. The largest absolute Gasteiger partial charge is 0.355 e. The molecule has 1 aromatic rings. The summed E-state index contributed by atoms with van der Waals surface area (Å²) in [4.78, 5) is 4.14. The Balaban J connectivity index is 0.000000362. The Morgan fingerprint density at radius 1 is 1.16 bits per heavy atom. The molecule has 0 saturated heterocycles. The van der Waals surface area contributed by atoms with Gasteiger partial charge in [0.1, 0.15) is 0 Å². The van der Waals surface area contributed by atoms with Crippen LogP contribution >= 0.6 is 12.2 Å². The van der Waals surface area contributed by atoms with Gasteiger partial charge in [0, 0.05) is 39.4 Å². The Kier molecular flexibility index (Phi) is 7.43. The van der Waals surface area contributed by atoms with E-state index >= 15 is 0 Å². The molecule has 1 atom stereocenters. The van der Waals surface area contributed by atoms with E-state index in [1.54, 1.807) is 31.2 Å². The number of aryl methyl sites for hydroxylation is 1. The molecule has 0 aliphatic carbocycles. The van der Waals surface area contributed by atoms with Crippen LogP contribution in [-0.4, -0.2) is 51.9 Å². The lowest BCUT2D eigenvalue weighted by molar-refractivity contribution is 0.501. The molecular formula is C12H20N2O2S3. The number of hydrogen-bond acceptors (Lipinski definition) is 3. The molecule has 1 rings (SSSR count). The number of rotatable bonds is 1. The highest BCUT2D eigenvalue weighted by Gasteiger charge is 2.06. The fourth-order valence-corrected chi connectivity index (χ4v) is 2.53. The monoisotopic (exact) mass is 320 g/mol. The van der Waals surface area contributed by atoms with Gasteiger partial charge in [-0.1, -0.05) is 18.2 Å². The van der Waals surface area contributed by atoms with Crippen molar-refractivity contribution in [1.29, 1.82) is 0 Å². The van der Waals surface area contributed by atoms with Gasteiger partial charge in [-0.25, -0.2) is 4.21 Å². The van der Waals surface area contributed by atoms with Crippen LogP contribution in [0, 0.1) is 6.92 Å². The average Bonchev–Trinajstić information content (AvgIpc) is 2.27. The average molecular weight is 321 g/mol. The van der Waals surface area contributed by atoms with E-state index in [9.17, 15) is 4.21 Å². The van der Waals surface area contributed by atoms with Crippen molar-refractivity contribution in [3.05, 3.63) is 29.8 Å². The second-order valence-corrected chi connectivity index (χ2v) is 7.42. The fourth-order valence-electron chi connectivity index (χ4n) is 1.25. The quantitative estimate of drug-likeness (QED) is 0.798. The van der Waals surface area contributed by atoms with Crippen molar-refractivity contribution in [2.75, 3.05) is 28.2 Å². The molecule has 0 bridgehead atoms. The van der Waals surface area contributed by atoms with Crippen LogP contribution in [0.5, 0.6) is 0 Å². The maximum absolute atomic E-state index is 11.0. The van der Waals surface area contributed by atoms with Crippen molar-refractivity contribution in [3.63, 3.8) is 0 Å². The van der Waals surface area contributed by atoms with E-state index in [0.717, 1.165) is 10.7 Å². The van der Waals surface area contributed by atoms with Gasteiger partial charge in [0.05, 0.1) is 4.90 Å². The molecule has 0 radical (unpaired) electrons. The Labute approximate surface area is 125 Å².